The minimum Gasteiger partial charge on any atom is -0.478 e. The quantitative estimate of drug-likeness (QED) is 0.841. The van der Waals surface area contributed by atoms with Crippen molar-refractivity contribution in [1.82, 2.24) is 20.1 Å². The van der Waals surface area contributed by atoms with Gasteiger partial charge in [0.05, 0.1) is 17.0 Å². The molecule has 0 aliphatic carbocycles. The zero-order valence-electron chi connectivity index (χ0n) is 10.9. The van der Waals surface area contributed by atoms with Crippen LogP contribution < -0.4 is 5.32 Å². The highest BCUT2D eigenvalue weighted by Gasteiger charge is 2.04. The third-order valence-electron chi connectivity index (χ3n) is 2.81. The van der Waals surface area contributed by atoms with Crippen LogP contribution in [0.15, 0.2) is 24.5 Å². The van der Waals surface area contributed by atoms with Gasteiger partial charge in [0, 0.05) is 38.1 Å². The summed E-state index contributed by atoms with van der Waals surface area (Å²) in [6.45, 7) is 3.27. The van der Waals surface area contributed by atoms with Crippen molar-refractivity contribution in [2.45, 2.75) is 20.0 Å². The Morgan fingerprint density at radius 2 is 2.21 bits per heavy atom. The van der Waals surface area contributed by atoms with E-state index < -0.39 is 5.97 Å². The fourth-order valence-electron chi connectivity index (χ4n) is 1.80. The van der Waals surface area contributed by atoms with E-state index in [9.17, 15) is 4.79 Å². The Bertz CT molecular complexity index is 575. The molecular formula is C13H16N4O2. The van der Waals surface area contributed by atoms with Gasteiger partial charge in [-0.25, -0.2) is 4.79 Å². The van der Waals surface area contributed by atoms with Crippen LogP contribution in [0.2, 0.25) is 0 Å². The summed E-state index contributed by atoms with van der Waals surface area (Å²) in [6, 6.07) is 3.27. The Kier molecular flexibility index (Phi) is 3.91. The van der Waals surface area contributed by atoms with E-state index in [0.717, 1.165) is 17.0 Å². The largest absolute Gasteiger partial charge is 0.478 e. The summed E-state index contributed by atoms with van der Waals surface area (Å²) < 4.78 is 1.78. The van der Waals surface area contributed by atoms with Crippen LogP contribution in [0, 0.1) is 6.92 Å². The number of aromatic carboxylic acids is 1. The zero-order chi connectivity index (χ0) is 13.8. The Hall–Kier alpha value is -2.21. The van der Waals surface area contributed by atoms with Gasteiger partial charge in [0.15, 0.2) is 0 Å². The third kappa shape index (κ3) is 3.38. The molecule has 0 atom stereocenters. The molecule has 2 heterocycles. The Labute approximate surface area is 111 Å². The van der Waals surface area contributed by atoms with Crippen LogP contribution in [-0.2, 0) is 20.1 Å². The van der Waals surface area contributed by atoms with Crippen LogP contribution in [-0.4, -0.2) is 25.8 Å². The number of aryl methyl sites for hydroxylation is 2. The standard InChI is InChI=1S/C13H16N4O2/c1-9-11(8-17(2)16-9)5-14-7-12-4-3-10(6-15-12)13(18)19/h3-4,6,8,14H,5,7H2,1-2H3,(H,18,19). The summed E-state index contributed by atoms with van der Waals surface area (Å²) in [5, 5.41) is 16.3. The summed E-state index contributed by atoms with van der Waals surface area (Å²) in [7, 11) is 1.89. The molecule has 2 aromatic rings. The van der Waals surface area contributed by atoms with Gasteiger partial charge in [0.25, 0.3) is 0 Å². The number of rotatable bonds is 5. The molecular weight excluding hydrogens is 244 g/mol. The van der Waals surface area contributed by atoms with Gasteiger partial charge in [-0.05, 0) is 19.1 Å². The van der Waals surface area contributed by atoms with Gasteiger partial charge in [-0.15, -0.1) is 0 Å². The lowest BCUT2D eigenvalue weighted by atomic mass is 10.2. The van der Waals surface area contributed by atoms with E-state index in [2.05, 4.69) is 15.4 Å². The summed E-state index contributed by atoms with van der Waals surface area (Å²) in [5.74, 6) is -0.960. The van der Waals surface area contributed by atoms with Crippen molar-refractivity contribution in [1.29, 1.82) is 0 Å². The van der Waals surface area contributed by atoms with Crippen molar-refractivity contribution in [3.8, 4) is 0 Å². The molecule has 19 heavy (non-hydrogen) atoms. The molecule has 0 aliphatic rings. The highest BCUT2D eigenvalue weighted by atomic mass is 16.4. The molecule has 0 unspecified atom stereocenters. The summed E-state index contributed by atoms with van der Waals surface area (Å²) >= 11 is 0. The Morgan fingerprint density at radius 3 is 2.74 bits per heavy atom. The molecule has 2 rings (SSSR count). The SMILES string of the molecule is Cc1nn(C)cc1CNCc1ccc(C(=O)O)cn1. The molecule has 2 aromatic heterocycles. The second-order valence-electron chi connectivity index (χ2n) is 4.36. The van der Waals surface area contributed by atoms with E-state index in [1.165, 1.54) is 6.20 Å². The maximum absolute atomic E-state index is 10.7. The van der Waals surface area contributed by atoms with Crippen molar-refractivity contribution in [3.63, 3.8) is 0 Å². The minimum absolute atomic E-state index is 0.201. The maximum atomic E-state index is 10.7. The summed E-state index contributed by atoms with van der Waals surface area (Å²) in [5.41, 5.74) is 3.16. The van der Waals surface area contributed by atoms with E-state index in [0.29, 0.717) is 13.1 Å². The first-order valence-electron chi connectivity index (χ1n) is 5.94. The molecule has 0 radical (unpaired) electrons. The molecule has 0 saturated heterocycles. The number of aromatic nitrogens is 3. The lowest BCUT2D eigenvalue weighted by Crippen LogP contribution is -2.14. The summed E-state index contributed by atoms with van der Waals surface area (Å²) in [4.78, 5) is 14.8. The molecule has 2 N–H and O–H groups in total. The predicted molar refractivity (Wildman–Crippen MR) is 69.7 cm³/mol. The number of carboxylic acid groups (broad SMARTS) is 1. The van der Waals surface area contributed by atoms with Crippen molar-refractivity contribution in [2.75, 3.05) is 0 Å². The lowest BCUT2D eigenvalue weighted by molar-refractivity contribution is 0.0696. The second kappa shape index (κ2) is 5.62. The minimum atomic E-state index is -0.960. The first-order valence-corrected chi connectivity index (χ1v) is 5.94. The molecule has 0 fully saturated rings. The predicted octanol–water partition coefficient (Wildman–Crippen LogP) is 1.11. The lowest BCUT2D eigenvalue weighted by Gasteiger charge is -2.03. The van der Waals surface area contributed by atoms with Gasteiger partial charge >= 0.3 is 5.97 Å². The molecule has 0 bridgehead atoms. The van der Waals surface area contributed by atoms with E-state index in [4.69, 9.17) is 5.11 Å². The zero-order valence-corrected chi connectivity index (χ0v) is 10.9. The first-order chi connectivity index (χ1) is 9.06. The molecule has 0 spiro atoms. The molecule has 0 amide bonds. The fraction of sp³-hybridized carbons (Fsp3) is 0.308. The van der Waals surface area contributed by atoms with Crippen LogP contribution >= 0.6 is 0 Å². The van der Waals surface area contributed by atoms with Crippen molar-refractivity contribution < 1.29 is 9.90 Å². The van der Waals surface area contributed by atoms with Gasteiger partial charge in [0.2, 0.25) is 0 Å². The maximum Gasteiger partial charge on any atom is 0.337 e. The average Bonchev–Trinajstić information content (AvgIpc) is 2.68. The average molecular weight is 260 g/mol. The first kappa shape index (κ1) is 13.2. The van der Waals surface area contributed by atoms with E-state index in [1.807, 2.05) is 20.2 Å². The molecule has 6 nitrogen and oxygen atoms in total. The molecule has 6 heteroatoms. The number of carboxylic acids is 1. The second-order valence-corrected chi connectivity index (χ2v) is 4.36. The Morgan fingerprint density at radius 1 is 1.42 bits per heavy atom. The van der Waals surface area contributed by atoms with Crippen LogP contribution in [0.3, 0.4) is 0 Å². The smallest absolute Gasteiger partial charge is 0.337 e. The third-order valence-corrected chi connectivity index (χ3v) is 2.81. The monoisotopic (exact) mass is 260 g/mol. The Balaban J connectivity index is 1.89. The van der Waals surface area contributed by atoms with E-state index in [1.54, 1.807) is 16.8 Å². The summed E-state index contributed by atoms with van der Waals surface area (Å²) in [6.07, 6.45) is 3.35. The number of nitrogens with zero attached hydrogens (tertiary/aromatic N) is 3. The normalized spacial score (nSPS) is 10.6. The van der Waals surface area contributed by atoms with Crippen molar-refractivity contribution in [3.05, 3.63) is 47.0 Å². The number of carbonyl (C=O) groups is 1. The molecule has 0 aliphatic heterocycles. The number of hydrogen-bond donors (Lipinski definition) is 2. The van der Waals surface area contributed by atoms with Gasteiger partial charge in [0.1, 0.15) is 0 Å². The topological polar surface area (TPSA) is 80.0 Å². The van der Waals surface area contributed by atoms with E-state index >= 15 is 0 Å². The van der Waals surface area contributed by atoms with Crippen LogP contribution in [0.1, 0.15) is 27.3 Å². The molecule has 0 aromatic carbocycles. The highest BCUT2D eigenvalue weighted by molar-refractivity contribution is 5.87. The van der Waals surface area contributed by atoms with Crippen LogP contribution in [0.25, 0.3) is 0 Å². The van der Waals surface area contributed by atoms with Gasteiger partial charge < -0.3 is 10.4 Å². The highest BCUT2D eigenvalue weighted by Crippen LogP contribution is 2.05. The number of nitrogens with one attached hydrogen (secondary N) is 1. The molecule has 0 saturated carbocycles. The van der Waals surface area contributed by atoms with Crippen molar-refractivity contribution in [2.24, 2.45) is 7.05 Å². The number of hydrogen-bond acceptors (Lipinski definition) is 4. The van der Waals surface area contributed by atoms with E-state index in [-0.39, 0.29) is 5.56 Å². The van der Waals surface area contributed by atoms with Gasteiger partial charge in [-0.3, -0.25) is 9.67 Å². The van der Waals surface area contributed by atoms with Crippen LogP contribution in [0.5, 0.6) is 0 Å². The number of pyridine rings is 1. The van der Waals surface area contributed by atoms with Gasteiger partial charge in [-0.1, -0.05) is 0 Å². The van der Waals surface area contributed by atoms with Gasteiger partial charge in [-0.2, -0.15) is 5.10 Å². The molecule has 100 valence electrons. The fourth-order valence-corrected chi connectivity index (χ4v) is 1.80. The van der Waals surface area contributed by atoms with Crippen molar-refractivity contribution >= 4 is 5.97 Å². The van der Waals surface area contributed by atoms with Crippen LogP contribution in [0.4, 0.5) is 0 Å².